The van der Waals surface area contributed by atoms with Gasteiger partial charge < -0.3 is 8.83 Å². The van der Waals surface area contributed by atoms with E-state index in [4.69, 9.17) is 8.83 Å². The maximum atomic E-state index is 12.2. The Labute approximate surface area is 125 Å². The van der Waals surface area contributed by atoms with Gasteiger partial charge in [-0.05, 0) is 24.3 Å². The number of rotatable bonds is 5. The molecule has 1 N–H and O–H groups in total. The van der Waals surface area contributed by atoms with Gasteiger partial charge in [0, 0.05) is 6.92 Å². The smallest absolute Gasteiger partial charge is 0.250 e. The van der Waals surface area contributed by atoms with Crippen LogP contribution in [0.5, 0.6) is 0 Å². The van der Waals surface area contributed by atoms with Crippen molar-refractivity contribution in [3.05, 3.63) is 48.4 Å². The van der Waals surface area contributed by atoms with Crippen molar-refractivity contribution in [3.63, 3.8) is 0 Å². The number of thiophene rings is 1. The maximum Gasteiger partial charge on any atom is 0.250 e. The average molecular weight is 324 g/mol. The Morgan fingerprint density at radius 1 is 1.33 bits per heavy atom. The monoisotopic (exact) mass is 324 g/mol. The highest BCUT2D eigenvalue weighted by Crippen LogP contribution is 2.31. The fourth-order valence-corrected chi connectivity index (χ4v) is 4.01. The zero-order chi connectivity index (χ0) is 14.9. The van der Waals surface area contributed by atoms with Gasteiger partial charge in [0.15, 0.2) is 11.7 Å². The molecule has 6 nitrogen and oxygen atoms in total. The first-order valence-corrected chi connectivity index (χ1v) is 8.39. The van der Waals surface area contributed by atoms with Gasteiger partial charge in [0.1, 0.15) is 9.97 Å². The standard InChI is InChI=1S/C13H12N2O4S2/c1-9-14-8-11(19-9)12-4-5-13(20-12)21(16,17)15-7-10-3-2-6-18-10/h2-6,8,15H,7H2,1H3. The van der Waals surface area contributed by atoms with Crippen molar-refractivity contribution >= 4 is 21.4 Å². The summed E-state index contributed by atoms with van der Waals surface area (Å²) in [5.74, 6) is 1.66. The molecule has 0 saturated heterocycles. The number of oxazole rings is 1. The molecule has 3 aromatic rings. The van der Waals surface area contributed by atoms with Gasteiger partial charge in [0.25, 0.3) is 0 Å². The first-order valence-electron chi connectivity index (χ1n) is 6.09. The number of nitrogens with zero attached hydrogens (tertiary/aromatic N) is 1. The average Bonchev–Trinajstić information content (AvgIpc) is 3.17. The van der Waals surface area contributed by atoms with Crippen LogP contribution in [0.25, 0.3) is 10.6 Å². The lowest BCUT2D eigenvalue weighted by atomic mass is 10.4. The molecule has 3 aromatic heterocycles. The Morgan fingerprint density at radius 2 is 2.19 bits per heavy atom. The van der Waals surface area contributed by atoms with Gasteiger partial charge in [0.2, 0.25) is 10.0 Å². The van der Waals surface area contributed by atoms with Crippen LogP contribution in [0.3, 0.4) is 0 Å². The van der Waals surface area contributed by atoms with Crippen LogP contribution in [0.4, 0.5) is 0 Å². The normalized spacial score (nSPS) is 11.9. The summed E-state index contributed by atoms with van der Waals surface area (Å²) in [5.41, 5.74) is 0. The number of sulfonamides is 1. The number of nitrogens with one attached hydrogen (secondary N) is 1. The highest BCUT2D eigenvalue weighted by molar-refractivity contribution is 7.91. The van der Waals surface area contributed by atoms with Crippen LogP contribution >= 0.6 is 11.3 Å². The molecular weight excluding hydrogens is 312 g/mol. The van der Waals surface area contributed by atoms with E-state index in [-0.39, 0.29) is 10.8 Å². The molecule has 0 aliphatic carbocycles. The van der Waals surface area contributed by atoms with Crippen LogP contribution in [0, 0.1) is 6.92 Å². The minimum Gasteiger partial charge on any atom is -0.468 e. The minimum atomic E-state index is -3.57. The molecule has 0 aliphatic rings. The molecular formula is C13H12N2O4S2. The van der Waals surface area contributed by atoms with E-state index in [2.05, 4.69) is 9.71 Å². The van der Waals surface area contributed by atoms with E-state index < -0.39 is 10.0 Å². The van der Waals surface area contributed by atoms with Crippen LogP contribution in [0.15, 0.2) is 49.8 Å². The fraction of sp³-hybridized carbons (Fsp3) is 0.154. The van der Waals surface area contributed by atoms with Crippen LogP contribution in [0.2, 0.25) is 0 Å². The fourth-order valence-electron chi connectivity index (χ4n) is 1.72. The third kappa shape index (κ3) is 3.07. The van der Waals surface area contributed by atoms with Crippen molar-refractivity contribution < 1.29 is 17.3 Å². The third-order valence-electron chi connectivity index (χ3n) is 2.73. The summed E-state index contributed by atoms with van der Waals surface area (Å²) in [4.78, 5) is 4.71. The van der Waals surface area contributed by atoms with Gasteiger partial charge in [-0.1, -0.05) is 0 Å². The van der Waals surface area contributed by atoms with Crippen molar-refractivity contribution in [2.75, 3.05) is 0 Å². The summed E-state index contributed by atoms with van der Waals surface area (Å²) in [6.07, 6.45) is 3.08. The van der Waals surface area contributed by atoms with E-state index in [1.54, 1.807) is 37.4 Å². The van der Waals surface area contributed by atoms with Gasteiger partial charge in [-0.15, -0.1) is 11.3 Å². The van der Waals surface area contributed by atoms with E-state index >= 15 is 0 Å². The van der Waals surface area contributed by atoms with Crippen molar-refractivity contribution in [1.29, 1.82) is 0 Å². The van der Waals surface area contributed by atoms with Crippen molar-refractivity contribution in [1.82, 2.24) is 9.71 Å². The highest BCUT2D eigenvalue weighted by Gasteiger charge is 2.18. The molecule has 110 valence electrons. The van der Waals surface area contributed by atoms with E-state index in [1.165, 1.54) is 6.26 Å². The second-order valence-corrected chi connectivity index (χ2v) is 7.34. The second-order valence-electron chi connectivity index (χ2n) is 4.27. The number of aryl methyl sites for hydroxylation is 1. The third-order valence-corrected chi connectivity index (χ3v) is 5.72. The number of furan rings is 1. The summed E-state index contributed by atoms with van der Waals surface area (Å²) in [6.45, 7) is 1.85. The molecule has 0 bridgehead atoms. The second kappa shape index (κ2) is 5.47. The van der Waals surface area contributed by atoms with E-state index in [1.807, 2.05) is 0 Å². The zero-order valence-corrected chi connectivity index (χ0v) is 12.7. The Bertz CT molecular complexity index is 831. The lowest BCUT2D eigenvalue weighted by molar-refractivity contribution is 0.499. The lowest BCUT2D eigenvalue weighted by Crippen LogP contribution is -2.22. The zero-order valence-electron chi connectivity index (χ0n) is 11.1. The number of hydrogen-bond donors (Lipinski definition) is 1. The maximum absolute atomic E-state index is 12.2. The molecule has 0 aliphatic heterocycles. The first-order chi connectivity index (χ1) is 10.0. The molecule has 0 aromatic carbocycles. The summed E-state index contributed by atoms with van der Waals surface area (Å²) in [6, 6.07) is 6.66. The van der Waals surface area contributed by atoms with E-state index in [0.29, 0.717) is 22.3 Å². The largest absolute Gasteiger partial charge is 0.468 e. The summed E-state index contributed by atoms with van der Waals surface area (Å²) < 4.78 is 37.6. The molecule has 8 heteroatoms. The molecule has 21 heavy (non-hydrogen) atoms. The van der Waals surface area contributed by atoms with Gasteiger partial charge in [-0.25, -0.2) is 18.1 Å². The molecule has 0 amide bonds. The predicted molar refractivity (Wildman–Crippen MR) is 77.3 cm³/mol. The van der Waals surface area contributed by atoms with Crippen molar-refractivity contribution in [2.45, 2.75) is 17.7 Å². The van der Waals surface area contributed by atoms with Crippen LogP contribution in [0.1, 0.15) is 11.7 Å². The molecule has 3 heterocycles. The molecule has 0 spiro atoms. The van der Waals surface area contributed by atoms with Gasteiger partial charge in [-0.3, -0.25) is 0 Å². The lowest BCUT2D eigenvalue weighted by Gasteiger charge is -2.02. The van der Waals surface area contributed by atoms with Crippen LogP contribution in [-0.2, 0) is 16.6 Å². The highest BCUT2D eigenvalue weighted by atomic mass is 32.2. The Hall–Kier alpha value is -1.90. The SMILES string of the molecule is Cc1ncc(-c2ccc(S(=O)(=O)NCc3ccco3)s2)o1. The predicted octanol–water partition coefficient (Wildman–Crippen LogP) is 2.78. The Morgan fingerprint density at radius 3 is 2.86 bits per heavy atom. The topological polar surface area (TPSA) is 85.3 Å². The molecule has 0 fully saturated rings. The molecule has 0 atom stereocenters. The molecule has 3 rings (SSSR count). The molecule has 0 radical (unpaired) electrons. The Balaban J connectivity index is 1.78. The van der Waals surface area contributed by atoms with Crippen LogP contribution in [-0.4, -0.2) is 13.4 Å². The quantitative estimate of drug-likeness (QED) is 0.780. The first kappa shape index (κ1) is 14.1. The van der Waals surface area contributed by atoms with Gasteiger partial charge >= 0.3 is 0 Å². The van der Waals surface area contributed by atoms with Crippen LogP contribution < -0.4 is 4.72 Å². The number of aromatic nitrogens is 1. The summed E-state index contributed by atoms with van der Waals surface area (Å²) in [5, 5.41) is 0. The van der Waals surface area contributed by atoms with E-state index in [0.717, 1.165) is 11.3 Å². The Kier molecular flexibility index (Phi) is 3.66. The number of hydrogen-bond acceptors (Lipinski definition) is 6. The summed E-state index contributed by atoms with van der Waals surface area (Å²) in [7, 11) is -3.57. The van der Waals surface area contributed by atoms with Gasteiger partial charge in [-0.2, -0.15) is 0 Å². The summed E-state index contributed by atoms with van der Waals surface area (Å²) >= 11 is 1.13. The minimum absolute atomic E-state index is 0.115. The van der Waals surface area contributed by atoms with E-state index in [9.17, 15) is 8.42 Å². The molecule has 0 unspecified atom stereocenters. The van der Waals surface area contributed by atoms with Crippen molar-refractivity contribution in [3.8, 4) is 10.6 Å². The van der Waals surface area contributed by atoms with Gasteiger partial charge in [0.05, 0.1) is 23.9 Å². The van der Waals surface area contributed by atoms with Crippen molar-refractivity contribution in [2.24, 2.45) is 0 Å². The molecule has 0 saturated carbocycles.